The Morgan fingerprint density at radius 1 is 1.52 bits per heavy atom. The zero-order valence-electron chi connectivity index (χ0n) is 13.3. The molecular formula is C15H21BrN4O3. The fourth-order valence-corrected chi connectivity index (χ4v) is 3.74. The van der Waals surface area contributed by atoms with Gasteiger partial charge in [0.05, 0.1) is 26.0 Å². The van der Waals surface area contributed by atoms with Crippen LogP contribution in [0.4, 0.5) is 5.82 Å². The van der Waals surface area contributed by atoms with Crippen molar-refractivity contribution in [3.05, 3.63) is 16.5 Å². The topological polar surface area (TPSA) is 90.6 Å². The number of aromatic nitrogens is 2. The number of methoxy groups -OCH3 is 1. The van der Waals surface area contributed by atoms with Gasteiger partial charge in [-0.2, -0.15) is 0 Å². The van der Waals surface area contributed by atoms with Crippen LogP contribution in [0.1, 0.15) is 30.3 Å². The van der Waals surface area contributed by atoms with E-state index in [0.717, 1.165) is 25.9 Å². The molecular weight excluding hydrogens is 364 g/mol. The second-order valence-electron chi connectivity index (χ2n) is 6.25. The number of rotatable bonds is 2. The Morgan fingerprint density at radius 2 is 2.22 bits per heavy atom. The molecule has 7 nitrogen and oxygen atoms in total. The Kier molecular flexibility index (Phi) is 4.57. The zero-order valence-corrected chi connectivity index (χ0v) is 14.9. The summed E-state index contributed by atoms with van der Waals surface area (Å²) in [5, 5.41) is 0. The van der Waals surface area contributed by atoms with Crippen LogP contribution in [0.15, 0.2) is 10.8 Å². The molecule has 1 aromatic rings. The van der Waals surface area contributed by atoms with E-state index in [-0.39, 0.29) is 23.3 Å². The van der Waals surface area contributed by atoms with E-state index in [2.05, 4.69) is 30.8 Å². The normalized spacial score (nSPS) is 26.5. The summed E-state index contributed by atoms with van der Waals surface area (Å²) in [7, 11) is 1.34. The molecule has 0 saturated carbocycles. The van der Waals surface area contributed by atoms with Crippen molar-refractivity contribution in [2.75, 3.05) is 31.7 Å². The number of carbonyl (C=O) groups excluding carboxylic acids is 1. The predicted octanol–water partition coefficient (Wildman–Crippen LogP) is 1.36. The number of esters is 1. The van der Waals surface area contributed by atoms with Crippen molar-refractivity contribution in [3.8, 4) is 0 Å². The van der Waals surface area contributed by atoms with Crippen molar-refractivity contribution in [3.63, 3.8) is 0 Å². The number of piperidine rings is 1. The van der Waals surface area contributed by atoms with E-state index < -0.39 is 5.97 Å². The van der Waals surface area contributed by atoms with Crippen molar-refractivity contribution in [2.45, 2.75) is 31.9 Å². The molecule has 3 heterocycles. The molecule has 2 N–H and O–H groups in total. The third kappa shape index (κ3) is 2.95. The lowest BCUT2D eigenvalue weighted by atomic mass is 9.73. The number of ether oxygens (including phenoxy) is 2. The molecule has 2 aliphatic rings. The highest BCUT2D eigenvalue weighted by Gasteiger charge is 2.47. The van der Waals surface area contributed by atoms with Gasteiger partial charge in [0, 0.05) is 24.5 Å². The third-order valence-electron chi connectivity index (χ3n) is 5.01. The second-order valence-corrected chi connectivity index (χ2v) is 7.06. The van der Waals surface area contributed by atoms with Crippen LogP contribution in [0, 0.1) is 5.41 Å². The molecule has 8 heteroatoms. The molecule has 0 aromatic carbocycles. The molecule has 1 aromatic heterocycles. The Hall–Kier alpha value is -1.25. The van der Waals surface area contributed by atoms with E-state index in [1.165, 1.54) is 7.11 Å². The fraction of sp³-hybridized carbons (Fsp3) is 0.667. The molecule has 0 aliphatic carbocycles. The summed E-state index contributed by atoms with van der Waals surface area (Å²) in [6.45, 7) is 4.27. The highest BCUT2D eigenvalue weighted by Crippen LogP contribution is 2.42. The summed E-state index contributed by atoms with van der Waals surface area (Å²) in [5.41, 5.74) is 6.61. The van der Waals surface area contributed by atoms with Gasteiger partial charge in [0.15, 0.2) is 11.5 Å². The van der Waals surface area contributed by atoms with Gasteiger partial charge in [0.2, 0.25) is 0 Å². The molecule has 23 heavy (non-hydrogen) atoms. The van der Waals surface area contributed by atoms with Gasteiger partial charge in [-0.25, -0.2) is 14.8 Å². The maximum Gasteiger partial charge on any atom is 0.360 e. The second kappa shape index (κ2) is 6.33. The third-order valence-corrected chi connectivity index (χ3v) is 5.39. The summed E-state index contributed by atoms with van der Waals surface area (Å²) in [6, 6.07) is 0.0562. The van der Waals surface area contributed by atoms with E-state index in [0.29, 0.717) is 17.0 Å². The van der Waals surface area contributed by atoms with Gasteiger partial charge < -0.3 is 20.1 Å². The summed E-state index contributed by atoms with van der Waals surface area (Å²) in [6.07, 6.45) is 3.52. The first-order valence-electron chi connectivity index (χ1n) is 7.70. The van der Waals surface area contributed by atoms with Gasteiger partial charge in [-0.05, 0) is 35.7 Å². The van der Waals surface area contributed by atoms with Crippen LogP contribution in [-0.4, -0.2) is 54.9 Å². The van der Waals surface area contributed by atoms with Gasteiger partial charge in [-0.1, -0.05) is 0 Å². The van der Waals surface area contributed by atoms with Crippen LogP contribution >= 0.6 is 15.9 Å². The number of nitrogens with two attached hydrogens (primary N) is 1. The lowest BCUT2D eigenvalue weighted by Crippen LogP contribution is -2.51. The molecule has 2 aliphatic heterocycles. The van der Waals surface area contributed by atoms with Gasteiger partial charge >= 0.3 is 5.97 Å². The molecule has 0 unspecified atom stereocenters. The largest absolute Gasteiger partial charge is 0.464 e. The van der Waals surface area contributed by atoms with Crippen molar-refractivity contribution in [2.24, 2.45) is 11.1 Å². The Labute approximate surface area is 143 Å². The highest BCUT2D eigenvalue weighted by atomic mass is 79.9. The SMILES string of the molecule is COC(=O)c1nc(Br)cnc1N1CCC2(CC1)CO[C@@H](C)[C@H]2N. The van der Waals surface area contributed by atoms with E-state index in [9.17, 15) is 4.79 Å². The number of anilines is 1. The molecule has 2 saturated heterocycles. The zero-order chi connectivity index (χ0) is 16.6. The summed E-state index contributed by atoms with van der Waals surface area (Å²) < 4.78 is 11.1. The minimum atomic E-state index is -0.483. The van der Waals surface area contributed by atoms with Gasteiger partial charge in [0.1, 0.15) is 4.60 Å². The summed E-state index contributed by atoms with van der Waals surface area (Å²) in [5.74, 6) is 0.0824. The van der Waals surface area contributed by atoms with E-state index >= 15 is 0 Å². The molecule has 2 atom stereocenters. The van der Waals surface area contributed by atoms with Gasteiger partial charge in [-0.3, -0.25) is 0 Å². The highest BCUT2D eigenvalue weighted by molar-refractivity contribution is 9.10. The molecule has 0 radical (unpaired) electrons. The van der Waals surface area contributed by atoms with Gasteiger partial charge in [-0.15, -0.1) is 0 Å². The standard InChI is InChI=1S/C15H21BrN4O3/c1-9-12(17)15(8-23-9)3-5-20(6-4-15)13-11(14(21)22-2)19-10(16)7-18-13/h7,9,12H,3-6,8,17H2,1-2H3/t9-,12+/m0/s1. The van der Waals surface area contributed by atoms with E-state index in [1.54, 1.807) is 6.20 Å². The van der Waals surface area contributed by atoms with Crippen LogP contribution in [-0.2, 0) is 9.47 Å². The van der Waals surface area contributed by atoms with Gasteiger partial charge in [0.25, 0.3) is 0 Å². The van der Waals surface area contributed by atoms with Crippen LogP contribution in [0.5, 0.6) is 0 Å². The molecule has 0 bridgehead atoms. The first-order chi connectivity index (χ1) is 11.0. The molecule has 0 amide bonds. The van der Waals surface area contributed by atoms with Crippen LogP contribution in [0.25, 0.3) is 0 Å². The van der Waals surface area contributed by atoms with E-state index in [1.807, 2.05) is 6.92 Å². The lowest BCUT2D eigenvalue weighted by molar-refractivity contribution is 0.0593. The molecule has 1 spiro atoms. The average molecular weight is 385 g/mol. The Balaban J connectivity index is 1.79. The minimum absolute atomic E-state index is 0.0319. The van der Waals surface area contributed by atoms with Crippen LogP contribution < -0.4 is 10.6 Å². The van der Waals surface area contributed by atoms with Crippen LogP contribution in [0.3, 0.4) is 0 Å². The molecule has 3 rings (SSSR count). The van der Waals surface area contributed by atoms with Crippen LogP contribution in [0.2, 0.25) is 0 Å². The Bertz CT molecular complexity index is 604. The smallest absolute Gasteiger partial charge is 0.360 e. The van der Waals surface area contributed by atoms with E-state index in [4.69, 9.17) is 15.2 Å². The van der Waals surface area contributed by atoms with Crippen molar-refractivity contribution >= 4 is 27.7 Å². The number of nitrogens with zero attached hydrogens (tertiary/aromatic N) is 3. The maximum atomic E-state index is 12.0. The van der Waals surface area contributed by atoms with Crippen molar-refractivity contribution in [1.29, 1.82) is 0 Å². The summed E-state index contributed by atoms with van der Waals surface area (Å²) >= 11 is 3.25. The van der Waals surface area contributed by atoms with Crippen molar-refractivity contribution < 1.29 is 14.3 Å². The Morgan fingerprint density at radius 3 is 2.78 bits per heavy atom. The average Bonchev–Trinajstić information content (AvgIpc) is 2.84. The lowest BCUT2D eigenvalue weighted by Gasteiger charge is -2.41. The summed E-state index contributed by atoms with van der Waals surface area (Å²) in [4.78, 5) is 22.6. The monoisotopic (exact) mass is 384 g/mol. The maximum absolute atomic E-state index is 12.0. The number of hydrogen-bond donors (Lipinski definition) is 1. The van der Waals surface area contributed by atoms with Crippen molar-refractivity contribution in [1.82, 2.24) is 9.97 Å². The first-order valence-corrected chi connectivity index (χ1v) is 8.49. The quantitative estimate of drug-likeness (QED) is 0.769. The number of halogens is 1. The number of hydrogen-bond acceptors (Lipinski definition) is 7. The molecule has 2 fully saturated rings. The fourth-order valence-electron chi connectivity index (χ4n) is 3.46. The number of carbonyl (C=O) groups is 1. The molecule has 126 valence electrons. The minimum Gasteiger partial charge on any atom is -0.464 e. The first kappa shape index (κ1) is 16.6. The predicted molar refractivity (Wildman–Crippen MR) is 88.3 cm³/mol.